The Morgan fingerprint density at radius 2 is 1.85 bits per heavy atom. The van der Waals surface area contributed by atoms with Crippen molar-refractivity contribution in [1.82, 2.24) is 15.5 Å². The topological polar surface area (TPSA) is 87.7 Å². The summed E-state index contributed by atoms with van der Waals surface area (Å²) in [6.45, 7) is 8.35. The Kier molecular flexibility index (Phi) is 5.71. The molecule has 1 atom stereocenters. The number of nitrogens with zero attached hydrogens (tertiary/aromatic N) is 1. The highest BCUT2D eigenvalue weighted by Gasteiger charge is 2.49. The molecule has 4 amide bonds. The largest absolute Gasteiger partial charge is 0.383 e. The Bertz CT molecular complexity index is 694. The minimum atomic E-state index is -1.18. The van der Waals surface area contributed by atoms with E-state index in [0.29, 0.717) is 18.7 Å². The van der Waals surface area contributed by atoms with Crippen molar-refractivity contribution in [2.45, 2.75) is 38.6 Å². The highest BCUT2D eigenvalue weighted by atomic mass is 16.5. The van der Waals surface area contributed by atoms with E-state index in [0.717, 1.165) is 10.5 Å². The molecule has 1 aliphatic rings. The van der Waals surface area contributed by atoms with Crippen LogP contribution in [-0.2, 0) is 25.3 Å². The summed E-state index contributed by atoms with van der Waals surface area (Å²) < 4.78 is 4.85. The van der Waals surface area contributed by atoms with Crippen molar-refractivity contribution in [3.8, 4) is 0 Å². The Morgan fingerprint density at radius 1 is 1.23 bits per heavy atom. The van der Waals surface area contributed by atoms with Crippen LogP contribution in [0.1, 0.15) is 38.8 Å². The molecule has 0 spiro atoms. The minimum absolute atomic E-state index is 0.00526. The summed E-state index contributed by atoms with van der Waals surface area (Å²) in [6, 6.07) is 7.04. The van der Waals surface area contributed by atoms with Crippen LogP contribution in [0.2, 0.25) is 0 Å². The van der Waals surface area contributed by atoms with Gasteiger partial charge in [0.25, 0.3) is 5.91 Å². The molecular formula is C19H27N3O4. The van der Waals surface area contributed by atoms with E-state index in [-0.39, 0.29) is 12.0 Å². The minimum Gasteiger partial charge on any atom is -0.383 e. The molecule has 26 heavy (non-hydrogen) atoms. The zero-order chi connectivity index (χ0) is 19.5. The maximum atomic E-state index is 12.8. The number of carbonyl (C=O) groups is 3. The molecule has 1 unspecified atom stereocenters. The summed E-state index contributed by atoms with van der Waals surface area (Å²) in [5.74, 6) is -0.842. The molecule has 2 N–H and O–H groups in total. The molecule has 1 heterocycles. The Morgan fingerprint density at radius 3 is 2.38 bits per heavy atom. The van der Waals surface area contributed by atoms with Crippen molar-refractivity contribution in [1.29, 1.82) is 0 Å². The van der Waals surface area contributed by atoms with Gasteiger partial charge in [0, 0.05) is 13.7 Å². The number of urea groups is 1. The van der Waals surface area contributed by atoms with Crippen molar-refractivity contribution < 1.29 is 19.1 Å². The summed E-state index contributed by atoms with van der Waals surface area (Å²) in [7, 11) is 1.53. The van der Waals surface area contributed by atoms with Gasteiger partial charge in [-0.05, 0) is 23.5 Å². The van der Waals surface area contributed by atoms with Gasteiger partial charge < -0.3 is 15.4 Å². The van der Waals surface area contributed by atoms with E-state index in [1.54, 1.807) is 6.92 Å². The number of hydrogen-bond acceptors (Lipinski definition) is 4. The van der Waals surface area contributed by atoms with Gasteiger partial charge in [0.15, 0.2) is 0 Å². The van der Waals surface area contributed by atoms with Crippen LogP contribution in [0, 0.1) is 0 Å². The zero-order valence-corrected chi connectivity index (χ0v) is 16.0. The molecule has 1 fully saturated rings. The van der Waals surface area contributed by atoms with Gasteiger partial charge in [0.1, 0.15) is 12.1 Å². The quantitative estimate of drug-likeness (QED) is 0.594. The predicted molar refractivity (Wildman–Crippen MR) is 97.6 cm³/mol. The van der Waals surface area contributed by atoms with E-state index >= 15 is 0 Å². The second-order valence-corrected chi connectivity index (χ2v) is 7.62. The molecule has 2 rings (SSSR count). The maximum Gasteiger partial charge on any atom is 0.325 e. The number of methoxy groups -OCH3 is 1. The Balaban J connectivity index is 2.14. The lowest BCUT2D eigenvalue weighted by molar-refractivity contribution is -0.134. The third-order valence-electron chi connectivity index (χ3n) is 4.53. The first-order valence-corrected chi connectivity index (χ1v) is 8.60. The molecule has 1 aromatic rings. The summed E-state index contributed by atoms with van der Waals surface area (Å²) in [6.07, 6.45) is 0. The average molecular weight is 361 g/mol. The van der Waals surface area contributed by atoms with E-state index < -0.39 is 23.4 Å². The summed E-state index contributed by atoms with van der Waals surface area (Å²) in [5, 5.41) is 5.31. The number of hydrogen-bond donors (Lipinski definition) is 2. The van der Waals surface area contributed by atoms with Crippen LogP contribution >= 0.6 is 0 Å². The molecule has 1 aromatic carbocycles. The Labute approximate surface area is 154 Å². The SMILES string of the molecule is COCCNC(=O)CN1C(=O)NC(C)(c2ccc(C(C)(C)C)cc2)C1=O. The summed E-state index contributed by atoms with van der Waals surface area (Å²) in [4.78, 5) is 37.9. The highest BCUT2D eigenvalue weighted by Crippen LogP contribution is 2.30. The standard InChI is InChI=1S/C19H27N3O4/c1-18(2,3)13-6-8-14(9-7-13)19(4)16(24)22(17(25)21-19)12-15(23)20-10-11-26-5/h6-9H,10-12H2,1-5H3,(H,20,23)(H,21,25). The summed E-state index contributed by atoms with van der Waals surface area (Å²) in [5.41, 5.74) is 0.636. The van der Waals surface area contributed by atoms with Gasteiger partial charge >= 0.3 is 6.03 Å². The Hall–Kier alpha value is -2.41. The van der Waals surface area contributed by atoms with Gasteiger partial charge in [-0.2, -0.15) is 0 Å². The van der Waals surface area contributed by atoms with Crippen LogP contribution in [0.15, 0.2) is 24.3 Å². The zero-order valence-electron chi connectivity index (χ0n) is 16.0. The molecule has 0 bridgehead atoms. The van der Waals surface area contributed by atoms with E-state index in [9.17, 15) is 14.4 Å². The number of nitrogens with one attached hydrogen (secondary N) is 2. The number of rotatable bonds is 6. The van der Waals surface area contributed by atoms with Gasteiger partial charge in [0.05, 0.1) is 6.61 Å². The normalized spacial score (nSPS) is 20.3. The predicted octanol–water partition coefficient (Wildman–Crippen LogP) is 1.51. The molecule has 7 nitrogen and oxygen atoms in total. The van der Waals surface area contributed by atoms with Crippen LogP contribution in [0.5, 0.6) is 0 Å². The molecule has 1 aliphatic heterocycles. The second kappa shape index (κ2) is 7.45. The molecule has 0 aromatic heterocycles. The fraction of sp³-hybridized carbons (Fsp3) is 0.526. The van der Waals surface area contributed by atoms with Crippen molar-refractivity contribution >= 4 is 17.8 Å². The lowest BCUT2D eigenvalue weighted by Gasteiger charge is -2.24. The van der Waals surface area contributed by atoms with Crippen LogP contribution in [0.25, 0.3) is 0 Å². The third-order valence-corrected chi connectivity index (χ3v) is 4.53. The van der Waals surface area contributed by atoms with E-state index in [1.165, 1.54) is 7.11 Å². The highest BCUT2D eigenvalue weighted by molar-refractivity contribution is 6.09. The van der Waals surface area contributed by atoms with Crippen LogP contribution in [0.4, 0.5) is 4.79 Å². The monoisotopic (exact) mass is 361 g/mol. The second-order valence-electron chi connectivity index (χ2n) is 7.62. The van der Waals surface area contributed by atoms with Gasteiger partial charge in [-0.3, -0.25) is 14.5 Å². The number of ether oxygens (including phenoxy) is 1. The maximum absolute atomic E-state index is 12.8. The van der Waals surface area contributed by atoms with Gasteiger partial charge in [-0.15, -0.1) is 0 Å². The molecule has 0 saturated carbocycles. The van der Waals surface area contributed by atoms with E-state index in [4.69, 9.17) is 4.74 Å². The fourth-order valence-corrected chi connectivity index (χ4v) is 2.83. The van der Waals surface area contributed by atoms with Crippen molar-refractivity contribution in [2.75, 3.05) is 26.8 Å². The molecule has 1 saturated heterocycles. The average Bonchev–Trinajstić information content (AvgIpc) is 2.79. The van der Waals surface area contributed by atoms with Crippen molar-refractivity contribution in [2.24, 2.45) is 0 Å². The van der Waals surface area contributed by atoms with Crippen molar-refractivity contribution in [3.05, 3.63) is 35.4 Å². The van der Waals surface area contributed by atoms with Crippen LogP contribution in [-0.4, -0.2) is 49.6 Å². The smallest absolute Gasteiger partial charge is 0.325 e. The number of benzene rings is 1. The molecule has 0 radical (unpaired) electrons. The van der Waals surface area contributed by atoms with E-state index in [2.05, 4.69) is 31.4 Å². The molecule has 142 valence electrons. The number of imide groups is 1. The first kappa shape index (κ1) is 19.9. The molecular weight excluding hydrogens is 334 g/mol. The van der Waals surface area contributed by atoms with Gasteiger partial charge in [0.2, 0.25) is 5.91 Å². The van der Waals surface area contributed by atoms with Crippen LogP contribution < -0.4 is 10.6 Å². The fourth-order valence-electron chi connectivity index (χ4n) is 2.83. The first-order chi connectivity index (χ1) is 12.1. The molecule has 7 heteroatoms. The lowest BCUT2D eigenvalue weighted by Crippen LogP contribution is -2.43. The van der Waals surface area contributed by atoms with Crippen molar-refractivity contribution in [3.63, 3.8) is 0 Å². The molecule has 0 aliphatic carbocycles. The number of amides is 4. The van der Waals surface area contributed by atoms with E-state index in [1.807, 2.05) is 24.3 Å². The number of carbonyl (C=O) groups excluding carboxylic acids is 3. The lowest BCUT2D eigenvalue weighted by atomic mass is 9.84. The summed E-state index contributed by atoms with van der Waals surface area (Å²) >= 11 is 0. The third kappa shape index (κ3) is 4.04. The van der Waals surface area contributed by atoms with Crippen LogP contribution in [0.3, 0.4) is 0 Å². The van der Waals surface area contributed by atoms with Gasteiger partial charge in [-0.25, -0.2) is 4.79 Å². The first-order valence-electron chi connectivity index (χ1n) is 8.60. The van der Waals surface area contributed by atoms with Gasteiger partial charge in [-0.1, -0.05) is 45.0 Å².